The average molecular weight is 324 g/mol. The fraction of sp³-hybridized carbons (Fsp3) is 0.263. The van der Waals surface area contributed by atoms with Gasteiger partial charge in [-0.1, -0.05) is 18.2 Å². The van der Waals surface area contributed by atoms with Gasteiger partial charge in [0.05, 0.1) is 5.56 Å². The highest BCUT2D eigenvalue weighted by Gasteiger charge is 2.31. The third-order valence-electron chi connectivity index (χ3n) is 4.25. The zero-order valence-corrected chi connectivity index (χ0v) is 13.7. The van der Waals surface area contributed by atoms with E-state index < -0.39 is 5.97 Å². The highest BCUT2D eigenvalue weighted by atomic mass is 16.5. The molecule has 2 atom stereocenters. The monoisotopic (exact) mass is 324 g/mol. The number of hydrogen-bond donors (Lipinski definition) is 1. The van der Waals surface area contributed by atoms with Gasteiger partial charge in [0.25, 0.3) is 0 Å². The number of esters is 1. The van der Waals surface area contributed by atoms with Crippen LogP contribution in [0.1, 0.15) is 42.2 Å². The summed E-state index contributed by atoms with van der Waals surface area (Å²) < 4.78 is 5.44. The van der Waals surface area contributed by atoms with Crippen molar-refractivity contribution in [1.29, 1.82) is 0 Å². The van der Waals surface area contributed by atoms with Crippen LogP contribution in [-0.2, 0) is 4.79 Å². The summed E-state index contributed by atoms with van der Waals surface area (Å²) in [4.78, 5) is 25.8. The maximum atomic E-state index is 12.2. The summed E-state index contributed by atoms with van der Waals surface area (Å²) in [6.07, 6.45) is 0.669. The third-order valence-corrected chi connectivity index (χ3v) is 4.25. The van der Waals surface area contributed by atoms with Gasteiger partial charge in [0.15, 0.2) is 0 Å². The molecule has 0 spiro atoms. The number of fused-ring (bicyclic) bond motifs is 1. The fourth-order valence-corrected chi connectivity index (χ4v) is 3.17. The van der Waals surface area contributed by atoms with Crippen molar-refractivity contribution in [1.82, 2.24) is 0 Å². The van der Waals surface area contributed by atoms with Crippen LogP contribution in [0.25, 0.3) is 0 Å². The molecule has 0 saturated carbocycles. The molecular weight excluding hydrogens is 304 g/mol. The standard InChI is InChI=1S/C19H20N2O3/c1-12-10-17(20)16-11-15(8-9-18(16)21(12)13(2)22)24-19(23)14-6-4-3-5-7-14/h3-9,11-12,17H,10,20H2,1-2H3. The molecule has 2 N–H and O–H groups in total. The molecule has 1 aliphatic heterocycles. The van der Waals surface area contributed by atoms with Gasteiger partial charge in [0.2, 0.25) is 5.91 Å². The zero-order chi connectivity index (χ0) is 17.3. The first-order chi connectivity index (χ1) is 11.5. The lowest BCUT2D eigenvalue weighted by molar-refractivity contribution is -0.117. The Hall–Kier alpha value is -2.66. The Balaban J connectivity index is 1.90. The van der Waals surface area contributed by atoms with Crippen molar-refractivity contribution in [3.05, 3.63) is 59.7 Å². The number of hydrogen-bond acceptors (Lipinski definition) is 4. The quantitative estimate of drug-likeness (QED) is 0.681. The van der Waals surface area contributed by atoms with Crippen molar-refractivity contribution >= 4 is 17.6 Å². The molecule has 3 rings (SSSR count). The predicted molar refractivity (Wildman–Crippen MR) is 92.0 cm³/mol. The highest BCUT2D eigenvalue weighted by molar-refractivity contribution is 5.94. The molecule has 0 aliphatic carbocycles. The summed E-state index contributed by atoms with van der Waals surface area (Å²) in [6, 6.07) is 13.9. The molecule has 2 aromatic carbocycles. The average Bonchev–Trinajstić information content (AvgIpc) is 2.56. The summed E-state index contributed by atoms with van der Waals surface area (Å²) in [5.74, 6) is -0.0162. The van der Waals surface area contributed by atoms with Crippen LogP contribution in [-0.4, -0.2) is 17.9 Å². The minimum absolute atomic E-state index is 0.0234. The first-order valence-corrected chi connectivity index (χ1v) is 7.94. The molecule has 0 fully saturated rings. The van der Waals surface area contributed by atoms with Crippen LogP contribution in [0.15, 0.2) is 48.5 Å². The molecule has 1 heterocycles. The van der Waals surface area contributed by atoms with Crippen molar-refractivity contribution in [3.63, 3.8) is 0 Å². The van der Waals surface area contributed by atoms with Gasteiger partial charge in [-0.25, -0.2) is 4.79 Å². The summed E-state index contributed by atoms with van der Waals surface area (Å²) in [5, 5.41) is 0. The number of nitrogens with zero attached hydrogens (tertiary/aromatic N) is 1. The van der Waals surface area contributed by atoms with Gasteiger partial charge in [0.1, 0.15) is 5.75 Å². The minimum Gasteiger partial charge on any atom is -0.423 e. The number of carbonyl (C=O) groups is 2. The lowest BCUT2D eigenvalue weighted by Gasteiger charge is -2.37. The topological polar surface area (TPSA) is 72.6 Å². The van der Waals surface area contributed by atoms with Crippen LogP contribution in [0, 0.1) is 0 Å². The van der Waals surface area contributed by atoms with E-state index in [9.17, 15) is 9.59 Å². The van der Waals surface area contributed by atoms with E-state index in [0.717, 1.165) is 11.3 Å². The number of ether oxygens (including phenoxy) is 1. The van der Waals surface area contributed by atoms with E-state index in [1.807, 2.05) is 13.0 Å². The van der Waals surface area contributed by atoms with Gasteiger partial charge in [-0.15, -0.1) is 0 Å². The number of anilines is 1. The Morgan fingerprint density at radius 3 is 2.54 bits per heavy atom. The second-order valence-corrected chi connectivity index (χ2v) is 6.06. The summed E-state index contributed by atoms with van der Waals surface area (Å²) in [6.45, 7) is 3.52. The number of nitrogens with two attached hydrogens (primary N) is 1. The molecule has 5 nitrogen and oxygen atoms in total. The maximum Gasteiger partial charge on any atom is 0.343 e. The van der Waals surface area contributed by atoms with Gasteiger partial charge in [-0.05, 0) is 49.2 Å². The SMILES string of the molecule is CC(=O)N1c2ccc(OC(=O)c3ccccc3)cc2C(N)CC1C. The van der Waals surface area contributed by atoms with Crippen LogP contribution in [0.4, 0.5) is 5.69 Å². The van der Waals surface area contributed by atoms with E-state index in [2.05, 4.69) is 0 Å². The van der Waals surface area contributed by atoms with Crippen molar-refractivity contribution in [2.45, 2.75) is 32.4 Å². The molecule has 1 amide bonds. The zero-order valence-electron chi connectivity index (χ0n) is 13.7. The molecule has 0 aromatic heterocycles. The summed E-state index contributed by atoms with van der Waals surface area (Å²) in [7, 11) is 0. The van der Waals surface area contributed by atoms with Crippen LogP contribution < -0.4 is 15.4 Å². The van der Waals surface area contributed by atoms with Crippen LogP contribution >= 0.6 is 0 Å². The van der Waals surface area contributed by atoms with Gasteiger partial charge < -0.3 is 15.4 Å². The fourth-order valence-electron chi connectivity index (χ4n) is 3.17. The van der Waals surface area contributed by atoms with E-state index in [-0.39, 0.29) is 18.0 Å². The third kappa shape index (κ3) is 3.03. The van der Waals surface area contributed by atoms with Gasteiger partial charge in [0, 0.05) is 24.7 Å². The Labute approximate surface area is 141 Å². The number of amides is 1. The normalized spacial score (nSPS) is 19.5. The lowest BCUT2D eigenvalue weighted by Crippen LogP contribution is -2.43. The lowest BCUT2D eigenvalue weighted by atomic mass is 9.92. The van der Waals surface area contributed by atoms with Gasteiger partial charge >= 0.3 is 5.97 Å². The minimum atomic E-state index is -0.420. The Morgan fingerprint density at radius 2 is 1.88 bits per heavy atom. The second-order valence-electron chi connectivity index (χ2n) is 6.06. The molecule has 0 radical (unpaired) electrons. The Bertz CT molecular complexity index is 773. The molecule has 5 heteroatoms. The molecule has 1 aliphatic rings. The van der Waals surface area contributed by atoms with E-state index >= 15 is 0 Å². The second kappa shape index (κ2) is 6.45. The largest absolute Gasteiger partial charge is 0.423 e. The van der Waals surface area contributed by atoms with E-state index in [1.165, 1.54) is 0 Å². The molecule has 0 saturated heterocycles. The smallest absolute Gasteiger partial charge is 0.343 e. The summed E-state index contributed by atoms with van der Waals surface area (Å²) >= 11 is 0. The van der Waals surface area contributed by atoms with Gasteiger partial charge in [-0.3, -0.25) is 4.79 Å². The Morgan fingerprint density at radius 1 is 1.17 bits per heavy atom. The number of benzene rings is 2. The van der Waals surface area contributed by atoms with Gasteiger partial charge in [-0.2, -0.15) is 0 Å². The molecule has 124 valence electrons. The molecule has 2 unspecified atom stereocenters. The van der Waals surface area contributed by atoms with Crippen LogP contribution in [0.3, 0.4) is 0 Å². The first kappa shape index (κ1) is 16.2. The van der Waals surface area contributed by atoms with Crippen LogP contribution in [0.2, 0.25) is 0 Å². The van der Waals surface area contributed by atoms with Crippen LogP contribution in [0.5, 0.6) is 5.75 Å². The predicted octanol–water partition coefficient (Wildman–Crippen LogP) is 3.05. The van der Waals surface area contributed by atoms with Crippen molar-refractivity contribution in [2.24, 2.45) is 5.73 Å². The molecule has 2 aromatic rings. The maximum absolute atomic E-state index is 12.2. The molecule has 24 heavy (non-hydrogen) atoms. The Kier molecular flexibility index (Phi) is 4.36. The summed E-state index contributed by atoms with van der Waals surface area (Å²) in [5.41, 5.74) is 8.32. The van der Waals surface area contributed by atoms with E-state index in [0.29, 0.717) is 17.7 Å². The molecule has 0 bridgehead atoms. The highest BCUT2D eigenvalue weighted by Crippen LogP contribution is 2.38. The van der Waals surface area contributed by atoms with Crippen molar-refractivity contribution in [2.75, 3.05) is 4.90 Å². The van der Waals surface area contributed by atoms with E-state index in [1.54, 1.807) is 54.3 Å². The number of rotatable bonds is 2. The van der Waals surface area contributed by atoms with E-state index in [4.69, 9.17) is 10.5 Å². The number of carbonyl (C=O) groups excluding carboxylic acids is 2. The first-order valence-electron chi connectivity index (χ1n) is 7.94. The molecular formula is C19H20N2O3. The van der Waals surface area contributed by atoms with Crippen molar-refractivity contribution in [3.8, 4) is 5.75 Å². The van der Waals surface area contributed by atoms with Crippen molar-refractivity contribution < 1.29 is 14.3 Å².